The van der Waals surface area contributed by atoms with E-state index in [1.54, 1.807) is 25.2 Å². The third-order valence-electron chi connectivity index (χ3n) is 8.78. The number of fused-ring (bicyclic) bond motifs is 2. The number of rotatable bonds is 9. The van der Waals surface area contributed by atoms with Crippen LogP contribution in [0.2, 0.25) is 5.02 Å². The van der Waals surface area contributed by atoms with Crippen LogP contribution in [0.15, 0.2) is 42.5 Å². The minimum Gasteiger partial charge on any atom is -0.378 e. The summed E-state index contributed by atoms with van der Waals surface area (Å²) in [4.78, 5) is 18.7. The monoisotopic (exact) mass is 803 g/mol. The summed E-state index contributed by atoms with van der Waals surface area (Å²) < 4.78 is 100. The van der Waals surface area contributed by atoms with Gasteiger partial charge in [-0.05, 0) is 87.8 Å². The van der Waals surface area contributed by atoms with Crippen LogP contribution < -0.4 is 10.0 Å². The molecule has 1 amide bonds. The molecule has 0 radical (unpaired) electrons. The first kappa shape index (κ1) is 39.6. The predicted octanol–water partition coefficient (Wildman–Crippen LogP) is 6.26. The summed E-state index contributed by atoms with van der Waals surface area (Å²) in [6, 6.07) is 7.91. The van der Waals surface area contributed by atoms with Crippen LogP contribution in [0.25, 0.3) is 22.0 Å². The van der Waals surface area contributed by atoms with E-state index in [0.29, 0.717) is 47.7 Å². The number of nitrogens with zero attached hydrogens (tertiary/aromatic N) is 5. The van der Waals surface area contributed by atoms with Crippen LogP contribution in [-0.4, -0.2) is 55.8 Å². The van der Waals surface area contributed by atoms with Crippen molar-refractivity contribution in [3.8, 4) is 23.0 Å². The van der Waals surface area contributed by atoms with Gasteiger partial charge >= 0.3 is 6.18 Å². The van der Waals surface area contributed by atoms with Crippen molar-refractivity contribution < 1.29 is 40.3 Å². The van der Waals surface area contributed by atoms with Crippen molar-refractivity contribution in [1.29, 1.82) is 0 Å². The molecule has 0 spiro atoms. The maximum absolute atomic E-state index is 14.5. The van der Waals surface area contributed by atoms with Crippen molar-refractivity contribution in [1.82, 2.24) is 29.9 Å². The van der Waals surface area contributed by atoms with E-state index in [9.17, 15) is 40.3 Å². The van der Waals surface area contributed by atoms with Gasteiger partial charge in [-0.2, -0.15) is 23.4 Å². The molecule has 1 aliphatic carbocycles. The average Bonchev–Trinajstić information content (AvgIpc) is 3.60. The van der Waals surface area contributed by atoms with Crippen LogP contribution in [0.4, 0.5) is 27.8 Å². The van der Waals surface area contributed by atoms with E-state index >= 15 is 0 Å². The lowest BCUT2D eigenvalue weighted by Gasteiger charge is -2.23. The second kappa shape index (κ2) is 14.9. The van der Waals surface area contributed by atoms with E-state index in [1.165, 1.54) is 24.6 Å². The molecule has 18 heteroatoms. The van der Waals surface area contributed by atoms with Crippen LogP contribution in [0.3, 0.4) is 0 Å². The lowest BCUT2D eigenvalue weighted by Crippen LogP contribution is -2.34. The van der Waals surface area contributed by atoms with Crippen molar-refractivity contribution in [2.24, 2.45) is 7.05 Å². The number of aliphatic hydroxyl groups is 1. The summed E-state index contributed by atoms with van der Waals surface area (Å²) in [5.41, 5.74) is -0.669. The Bertz CT molecular complexity index is 2480. The minimum atomic E-state index is -4.73. The summed E-state index contributed by atoms with van der Waals surface area (Å²) >= 11 is 6.59. The zero-order valence-corrected chi connectivity index (χ0v) is 31.5. The van der Waals surface area contributed by atoms with Crippen LogP contribution in [0, 0.1) is 23.5 Å². The quantitative estimate of drug-likeness (QED) is 0.118. The maximum Gasteiger partial charge on any atom is 0.435 e. The molecule has 0 unspecified atom stereocenters. The van der Waals surface area contributed by atoms with Gasteiger partial charge in [0.05, 0.1) is 33.9 Å². The van der Waals surface area contributed by atoms with Gasteiger partial charge in [0.1, 0.15) is 29.5 Å². The Labute approximate surface area is 317 Å². The highest BCUT2D eigenvalue weighted by molar-refractivity contribution is 7.92. The molecule has 290 valence electrons. The molecule has 55 heavy (non-hydrogen) atoms. The molecule has 0 saturated heterocycles. The fourth-order valence-corrected chi connectivity index (χ4v) is 7.42. The van der Waals surface area contributed by atoms with Crippen molar-refractivity contribution in [2.75, 3.05) is 11.0 Å². The van der Waals surface area contributed by atoms with Gasteiger partial charge in [0.15, 0.2) is 11.5 Å². The summed E-state index contributed by atoms with van der Waals surface area (Å²) in [7, 11) is -2.24. The number of hydrogen-bond donors (Lipinski definition) is 3. The van der Waals surface area contributed by atoms with Crippen LogP contribution in [0.5, 0.6) is 0 Å². The Balaban J connectivity index is 1.53. The highest BCUT2D eigenvalue weighted by Gasteiger charge is 2.40. The van der Waals surface area contributed by atoms with Gasteiger partial charge in [-0.15, -0.1) is 0 Å². The molecule has 6 rings (SSSR count). The third-order valence-corrected chi connectivity index (χ3v) is 9.66. The van der Waals surface area contributed by atoms with Crippen LogP contribution in [-0.2, 0) is 53.8 Å². The summed E-state index contributed by atoms with van der Waals surface area (Å²) in [5, 5.41) is 21.7. The van der Waals surface area contributed by atoms with Crippen LogP contribution in [0.1, 0.15) is 66.6 Å². The van der Waals surface area contributed by atoms with E-state index in [2.05, 4.69) is 32.1 Å². The number of sulfonamides is 1. The Kier molecular flexibility index (Phi) is 10.7. The third kappa shape index (κ3) is 9.09. The maximum atomic E-state index is 14.5. The van der Waals surface area contributed by atoms with Gasteiger partial charge < -0.3 is 10.4 Å². The highest BCUT2D eigenvalue weighted by Crippen LogP contribution is 2.40. The molecular formula is C37H35ClF5N7O4S. The molecule has 0 fully saturated rings. The number of hydrogen-bond acceptors (Lipinski definition) is 7. The number of alkyl halides is 3. The molecule has 3 heterocycles. The van der Waals surface area contributed by atoms with Crippen molar-refractivity contribution in [2.45, 2.75) is 70.3 Å². The topological polar surface area (TPSA) is 144 Å². The number of carbonyl (C=O) groups is 1. The predicted molar refractivity (Wildman–Crippen MR) is 195 cm³/mol. The number of benzene rings is 2. The van der Waals surface area contributed by atoms with Crippen molar-refractivity contribution in [3.63, 3.8) is 0 Å². The molecule has 3 N–H and O–H groups in total. The fraction of sp³-hybridized carbons (Fsp3) is 0.351. The smallest absolute Gasteiger partial charge is 0.378 e. The Morgan fingerprint density at radius 3 is 2.36 bits per heavy atom. The van der Waals surface area contributed by atoms with E-state index in [4.69, 9.17) is 16.6 Å². The molecule has 3 aromatic heterocycles. The lowest BCUT2D eigenvalue weighted by molar-refractivity contribution is -0.142. The Hall–Kier alpha value is -5.05. The summed E-state index contributed by atoms with van der Waals surface area (Å²) in [5.74, 6) is 2.86. The number of pyridine rings is 1. The molecule has 0 bridgehead atoms. The standard InChI is InChI=1S/C37H35ClF5N7O4S/c1-36(2,52)14-13-23-9-10-24(25-11-12-27(38)31-33(25)49(3)47-35(31)48-55(4,53)54)32(44-23)28(17-20-15-21(39)18-22(40)16-20)45-30(51)19-50-29-8-6-5-7-26(29)34(46-50)37(41,42)43/h9-12,15-16,18,28,52H,5-8,17,19H2,1-4H3,(H,45,51)(H,47,48)/t28-/m0/s1. The first-order valence-corrected chi connectivity index (χ1v) is 19.2. The number of carbonyl (C=O) groups excluding carboxylic acids is 1. The van der Waals surface area contributed by atoms with Gasteiger partial charge in [-0.1, -0.05) is 23.6 Å². The molecule has 0 aliphatic heterocycles. The van der Waals surface area contributed by atoms with E-state index in [1.807, 2.05) is 0 Å². The lowest BCUT2D eigenvalue weighted by atomic mass is 9.93. The molecule has 0 saturated carbocycles. The minimum absolute atomic E-state index is 0.0491. The van der Waals surface area contributed by atoms with Gasteiger partial charge in [0, 0.05) is 35.5 Å². The molecular weight excluding hydrogens is 769 g/mol. The number of amides is 1. The zero-order valence-electron chi connectivity index (χ0n) is 29.9. The SMILES string of the molecule is Cn1nc(NS(C)(=O)=O)c2c(Cl)ccc(-c3ccc(C#CC(C)(C)O)nc3[C@H](Cc3cc(F)cc(F)c3)NC(=O)Cn3nc(C(F)(F)F)c4c3CCCC4)c21. The molecule has 11 nitrogen and oxygen atoms in total. The van der Waals surface area contributed by atoms with Gasteiger partial charge in [0.25, 0.3) is 0 Å². The molecule has 1 atom stereocenters. The first-order chi connectivity index (χ1) is 25.7. The van der Waals surface area contributed by atoms with E-state index in [0.717, 1.165) is 23.1 Å². The van der Waals surface area contributed by atoms with Gasteiger partial charge in [-0.25, -0.2) is 22.2 Å². The van der Waals surface area contributed by atoms with E-state index in [-0.39, 0.29) is 51.6 Å². The Morgan fingerprint density at radius 1 is 1.04 bits per heavy atom. The number of halogens is 6. The van der Waals surface area contributed by atoms with E-state index < -0.39 is 57.6 Å². The molecule has 5 aromatic rings. The number of aryl methyl sites for hydroxylation is 1. The number of aromatic nitrogens is 5. The van der Waals surface area contributed by atoms with Gasteiger partial charge in [-0.3, -0.25) is 18.9 Å². The Morgan fingerprint density at radius 2 is 1.71 bits per heavy atom. The first-order valence-electron chi connectivity index (χ1n) is 17.0. The number of nitrogens with one attached hydrogen (secondary N) is 2. The second-order valence-electron chi connectivity index (χ2n) is 13.8. The van der Waals surface area contributed by atoms with Crippen LogP contribution >= 0.6 is 11.6 Å². The van der Waals surface area contributed by atoms with Crippen molar-refractivity contribution in [3.05, 3.63) is 93.0 Å². The summed E-state index contributed by atoms with van der Waals surface area (Å²) in [6.45, 7) is 2.32. The molecule has 2 aromatic carbocycles. The largest absolute Gasteiger partial charge is 0.435 e. The van der Waals surface area contributed by atoms with Crippen molar-refractivity contribution >= 4 is 44.3 Å². The summed E-state index contributed by atoms with van der Waals surface area (Å²) in [6.07, 6.45) is -2.43. The normalized spacial score (nSPS) is 13.9. The average molecular weight is 804 g/mol. The highest BCUT2D eigenvalue weighted by atomic mass is 35.5. The van der Waals surface area contributed by atoms with Gasteiger partial charge in [0.2, 0.25) is 15.9 Å². The number of anilines is 1. The molecule has 1 aliphatic rings. The zero-order chi connectivity index (χ0) is 40.0. The fourth-order valence-electron chi connectivity index (χ4n) is 6.68. The second-order valence-corrected chi connectivity index (χ2v) is 16.0.